The largest absolute Gasteiger partial charge is 0.372 e. The number of rotatable bonds is 6. The fourth-order valence-electron chi connectivity index (χ4n) is 2.48. The van der Waals surface area contributed by atoms with Crippen LogP contribution in [0, 0.1) is 5.92 Å². The van der Waals surface area contributed by atoms with Gasteiger partial charge in [0.05, 0.1) is 11.4 Å². The zero-order valence-electron chi connectivity index (χ0n) is 13.5. The van der Waals surface area contributed by atoms with Crippen molar-refractivity contribution in [1.82, 2.24) is 5.32 Å². The maximum Gasteiger partial charge on any atom is 0.251 e. The molecule has 1 aliphatic rings. The SMILES string of the molecule is CCCCNC(=O)c1ccc2c(c1)NC(=O)C(C(C)CC)N2. The summed E-state index contributed by atoms with van der Waals surface area (Å²) in [6, 6.07) is 5.16. The van der Waals surface area contributed by atoms with Gasteiger partial charge in [-0.15, -0.1) is 0 Å². The molecule has 2 atom stereocenters. The van der Waals surface area contributed by atoms with Crippen LogP contribution in [0.15, 0.2) is 18.2 Å². The van der Waals surface area contributed by atoms with Crippen molar-refractivity contribution in [2.24, 2.45) is 5.92 Å². The van der Waals surface area contributed by atoms with Crippen LogP contribution < -0.4 is 16.0 Å². The van der Waals surface area contributed by atoms with E-state index in [0.717, 1.165) is 24.9 Å². The highest BCUT2D eigenvalue weighted by Crippen LogP contribution is 2.30. The summed E-state index contributed by atoms with van der Waals surface area (Å²) < 4.78 is 0. The minimum Gasteiger partial charge on any atom is -0.372 e. The average Bonchev–Trinajstić information content (AvgIpc) is 2.53. The van der Waals surface area contributed by atoms with E-state index in [9.17, 15) is 9.59 Å². The van der Waals surface area contributed by atoms with Gasteiger partial charge in [-0.05, 0) is 30.5 Å². The summed E-state index contributed by atoms with van der Waals surface area (Å²) >= 11 is 0. The Morgan fingerprint density at radius 1 is 1.32 bits per heavy atom. The van der Waals surface area contributed by atoms with Crippen LogP contribution >= 0.6 is 0 Å². The summed E-state index contributed by atoms with van der Waals surface area (Å²) in [7, 11) is 0. The first-order chi connectivity index (χ1) is 10.6. The molecule has 1 aromatic carbocycles. The van der Waals surface area contributed by atoms with E-state index in [1.807, 2.05) is 6.07 Å². The third-order valence-corrected chi connectivity index (χ3v) is 4.16. The van der Waals surface area contributed by atoms with Crippen molar-refractivity contribution in [3.05, 3.63) is 23.8 Å². The monoisotopic (exact) mass is 303 g/mol. The summed E-state index contributed by atoms with van der Waals surface area (Å²) in [5, 5.41) is 9.06. The first kappa shape index (κ1) is 16.3. The van der Waals surface area contributed by atoms with Crippen LogP contribution in [0.25, 0.3) is 0 Å². The van der Waals surface area contributed by atoms with Crippen LogP contribution in [0.4, 0.5) is 11.4 Å². The number of benzene rings is 1. The lowest BCUT2D eigenvalue weighted by atomic mass is 9.95. The highest BCUT2D eigenvalue weighted by molar-refractivity contribution is 6.05. The third kappa shape index (κ3) is 3.59. The molecule has 0 saturated carbocycles. The van der Waals surface area contributed by atoms with Gasteiger partial charge in [-0.2, -0.15) is 0 Å². The lowest BCUT2D eigenvalue weighted by Gasteiger charge is -2.30. The van der Waals surface area contributed by atoms with Crippen LogP contribution in [0.3, 0.4) is 0 Å². The van der Waals surface area contributed by atoms with E-state index in [0.29, 0.717) is 17.8 Å². The molecule has 120 valence electrons. The quantitative estimate of drug-likeness (QED) is 0.708. The van der Waals surface area contributed by atoms with E-state index in [4.69, 9.17) is 0 Å². The fraction of sp³-hybridized carbons (Fsp3) is 0.529. The molecule has 22 heavy (non-hydrogen) atoms. The smallest absolute Gasteiger partial charge is 0.251 e. The van der Waals surface area contributed by atoms with Gasteiger partial charge >= 0.3 is 0 Å². The molecule has 3 N–H and O–H groups in total. The Hall–Kier alpha value is -2.04. The van der Waals surface area contributed by atoms with Crippen molar-refractivity contribution >= 4 is 23.2 Å². The summed E-state index contributed by atoms with van der Waals surface area (Å²) in [6.45, 7) is 6.88. The van der Waals surface area contributed by atoms with E-state index in [2.05, 4.69) is 36.7 Å². The molecule has 5 nitrogen and oxygen atoms in total. The van der Waals surface area contributed by atoms with Gasteiger partial charge in [0.25, 0.3) is 5.91 Å². The van der Waals surface area contributed by atoms with Gasteiger partial charge in [0.15, 0.2) is 0 Å². The summed E-state index contributed by atoms with van der Waals surface area (Å²) in [5.41, 5.74) is 2.11. The van der Waals surface area contributed by atoms with Crippen LogP contribution in [0.2, 0.25) is 0 Å². The van der Waals surface area contributed by atoms with Crippen LogP contribution in [0.5, 0.6) is 0 Å². The van der Waals surface area contributed by atoms with Gasteiger partial charge in [0, 0.05) is 12.1 Å². The van der Waals surface area contributed by atoms with Crippen molar-refractivity contribution in [1.29, 1.82) is 0 Å². The number of amides is 2. The van der Waals surface area contributed by atoms with Crippen LogP contribution in [-0.4, -0.2) is 24.4 Å². The van der Waals surface area contributed by atoms with E-state index < -0.39 is 0 Å². The molecule has 0 fully saturated rings. The number of carbonyl (C=O) groups excluding carboxylic acids is 2. The molecule has 0 spiro atoms. The van der Waals surface area contributed by atoms with Gasteiger partial charge in [-0.1, -0.05) is 33.6 Å². The predicted octanol–water partition coefficient (Wildman–Crippen LogP) is 3.00. The number of carbonyl (C=O) groups is 2. The zero-order chi connectivity index (χ0) is 16.1. The Bertz CT molecular complexity index is 557. The number of hydrogen-bond donors (Lipinski definition) is 3. The molecule has 2 rings (SSSR count). The third-order valence-electron chi connectivity index (χ3n) is 4.16. The first-order valence-electron chi connectivity index (χ1n) is 8.06. The predicted molar refractivity (Wildman–Crippen MR) is 89.2 cm³/mol. The minimum atomic E-state index is -0.221. The molecule has 1 aromatic rings. The van der Waals surface area contributed by atoms with Gasteiger partial charge in [0.2, 0.25) is 5.91 Å². The normalized spacial score (nSPS) is 18.0. The number of unbranched alkanes of at least 4 members (excludes halogenated alkanes) is 1. The van der Waals surface area contributed by atoms with Gasteiger partial charge < -0.3 is 16.0 Å². The Balaban J connectivity index is 2.11. The molecule has 0 saturated heterocycles. The molecule has 0 aromatic heterocycles. The number of hydrogen-bond acceptors (Lipinski definition) is 3. The molecular formula is C17H25N3O2. The highest BCUT2D eigenvalue weighted by Gasteiger charge is 2.29. The van der Waals surface area contributed by atoms with E-state index in [1.165, 1.54) is 0 Å². The van der Waals surface area contributed by atoms with Crippen LogP contribution in [0.1, 0.15) is 50.4 Å². The molecule has 1 aliphatic heterocycles. The Morgan fingerprint density at radius 2 is 2.09 bits per heavy atom. The second-order valence-corrected chi connectivity index (χ2v) is 5.87. The maximum absolute atomic E-state index is 12.2. The number of nitrogens with one attached hydrogen (secondary N) is 3. The topological polar surface area (TPSA) is 70.2 Å². The molecule has 2 unspecified atom stereocenters. The van der Waals surface area contributed by atoms with Crippen molar-refractivity contribution in [3.8, 4) is 0 Å². The summed E-state index contributed by atoms with van der Waals surface area (Å²) in [6.07, 6.45) is 2.94. The summed E-state index contributed by atoms with van der Waals surface area (Å²) in [5.74, 6) is 0.116. The van der Waals surface area contributed by atoms with E-state index in [-0.39, 0.29) is 23.8 Å². The number of fused-ring (bicyclic) bond motifs is 1. The lowest BCUT2D eigenvalue weighted by Crippen LogP contribution is -2.43. The van der Waals surface area contributed by atoms with Crippen LogP contribution in [-0.2, 0) is 4.79 Å². The molecule has 0 aliphatic carbocycles. The average molecular weight is 303 g/mol. The van der Waals surface area contributed by atoms with Crippen molar-refractivity contribution < 1.29 is 9.59 Å². The Morgan fingerprint density at radius 3 is 2.77 bits per heavy atom. The second kappa shape index (κ2) is 7.29. The Kier molecular flexibility index (Phi) is 5.41. The molecule has 2 amide bonds. The summed E-state index contributed by atoms with van der Waals surface area (Å²) in [4.78, 5) is 24.2. The van der Waals surface area contributed by atoms with Gasteiger partial charge in [-0.3, -0.25) is 9.59 Å². The molecule has 1 heterocycles. The Labute approximate surface area is 131 Å². The van der Waals surface area contributed by atoms with Gasteiger partial charge in [0.1, 0.15) is 6.04 Å². The molecular weight excluding hydrogens is 278 g/mol. The minimum absolute atomic E-state index is 0.0367. The van der Waals surface area contributed by atoms with Gasteiger partial charge in [-0.25, -0.2) is 0 Å². The van der Waals surface area contributed by atoms with Crippen molar-refractivity contribution in [3.63, 3.8) is 0 Å². The van der Waals surface area contributed by atoms with E-state index in [1.54, 1.807) is 12.1 Å². The van der Waals surface area contributed by atoms with Crippen molar-refractivity contribution in [2.45, 2.75) is 46.1 Å². The standard InChI is InChI=1S/C17H25N3O2/c1-4-6-9-18-16(21)12-7-8-13-14(10-12)20-17(22)15(19-13)11(3)5-2/h7-8,10-11,15,19H,4-6,9H2,1-3H3,(H,18,21)(H,20,22). The van der Waals surface area contributed by atoms with Crippen molar-refractivity contribution in [2.75, 3.05) is 17.2 Å². The molecule has 0 radical (unpaired) electrons. The fourth-order valence-corrected chi connectivity index (χ4v) is 2.48. The first-order valence-corrected chi connectivity index (χ1v) is 8.06. The lowest BCUT2D eigenvalue weighted by molar-refractivity contribution is -0.118. The molecule has 5 heteroatoms. The maximum atomic E-state index is 12.2. The van der Waals surface area contributed by atoms with E-state index >= 15 is 0 Å². The highest BCUT2D eigenvalue weighted by atomic mass is 16.2. The second-order valence-electron chi connectivity index (χ2n) is 5.87. The zero-order valence-corrected chi connectivity index (χ0v) is 13.5. The molecule has 0 bridgehead atoms. The number of anilines is 2.